The molecule has 0 aliphatic rings. The van der Waals surface area contributed by atoms with Crippen LogP contribution in [0, 0.1) is 0 Å². The van der Waals surface area contributed by atoms with E-state index in [4.69, 9.17) is 5.21 Å². The van der Waals surface area contributed by atoms with Crippen LogP contribution in [0.25, 0.3) is 10.8 Å². The number of carbonyl (C=O) groups excluding carboxylic acids is 2. The van der Waals surface area contributed by atoms with Crippen LogP contribution in [0.15, 0.2) is 97.1 Å². The van der Waals surface area contributed by atoms with E-state index in [1.165, 1.54) is 0 Å². The maximum Gasteiger partial charge on any atom is 0.252 e. The minimum Gasteiger partial charge on any atom is -0.336 e. The van der Waals surface area contributed by atoms with E-state index in [1.54, 1.807) is 42.5 Å². The number of carbonyl (C=O) groups is 2. The van der Waals surface area contributed by atoms with Gasteiger partial charge in [0, 0.05) is 11.3 Å². The number of anilines is 2. The van der Waals surface area contributed by atoms with E-state index in [0.717, 1.165) is 10.8 Å². The van der Waals surface area contributed by atoms with Gasteiger partial charge < -0.3 is 10.6 Å². The Hall–Kier alpha value is -4.16. The fourth-order valence-corrected chi connectivity index (χ4v) is 3.33. The largest absolute Gasteiger partial charge is 0.336 e. The second-order valence-electron chi connectivity index (χ2n) is 7.06. The number of rotatable bonds is 6. The molecule has 4 aromatic rings. The van der Waals surface area contributed by atoms with Gasteiger partial charge in [-0.05, 0) is 52.7 Å². The van der Waals surface area contributed by atoms with Crippen LogP contribution in [0.4, 0.5) is 11.4 Å². The molecule has 0 saturated heterocycles. The Morgan fingerprint density at radius 3 is 2.06 bits per heavy atom. The van der Waals surface area contributed by atoms with Crippen molar-refractivity contribution in [3.8, 4) is 0 Å². The average molecular weight is 411 g/mol. The molecule has 4 aromatic carbocycles. The molecule has 0 bridgehead atoms. The maximum absolute atomic E-state index is 13.1. The van der Waals surface area contributed by atoms with Crippen LogP contribution in [0.2, 0.25) is 0 Å². The lowest BCUT2D eigenvalue weighted by atomic mass is 10.0. The minimum absolute atomic E-state index is 0.338. The number of hydrogen-bond donors (Lipinski definition) is 4. The van der Waals surface area contributed by atoms with Crippen molar-refractivity contribution in [1.29, 1.82) is 0 Å². The fraction of sp³-hybridized carbons (Fsp3) is 0.0400. The van der Waals surface area contributed by atoms with Crippen molar-refractivity contribution in [2.75, 3.05) is 10.8 Å². The van der Waals surface area contributed by atoms with E-state index < -0.39 is 6.04 Å². The lowest BCUT2D eigenvalue weighted by Gasteiger charge is -2.19. The number of hydrogen-bond acceptors (Lipinski definition) is 4. The van der Waals surface area contributed by atoms with Crippen LogP contribution in [0.5, 0.6) is 0 Å². The molecule has 0 fully saturated rings. The first-order chi connectivity index (χ1) is 15.1. The Morgan fingerprint density at radius 1 is 0.710 bits per heavy atom. The number of nitrogens with one attached hydrogen (secondary N) is 3. The Morgan fingerprint density at radius 2 is 1.35 bits per heavy atom. The van der Waals surface area contributed by atoms with Crippen molar-refractivity contribution in [1.82, 2.24) is 5.32 Å². The number of fused-ring (bicyclic) bond motifs is 1. The van der Waals surface area contributed by atoms with E-state index in [1.807, 2.05) is 60.1 Å². The minimum atomic E-state index is -0.879. The number of amides is 2. The standard InChI is InChI=1S/C25H21N3O3/c29-24(20-11-10-17-6-4-5-9-19(17)16-20)27-23(18-7-2-1-3-8-18)25(30)26-21-12-14-22(28-31)15-13-21/h1-16,23,28,31H,(H,26,30)(H,27,29)/t23-/m0/s1. The molecule has 0 heterocycles. The van der Waals surface area contributed by atoms with Crippen molar-refractivity contribution in [2.45, 2.75) is 6.04 Å². The molecular weight excluding hydrogens is 390 g/mol. The maximum atomic E-state index is 13.1. The molecule has 1 atom stereocenters. The third-order valence-corrected chi connectivity index (χ3v) is 4.96. The molecule has 6 nitrogen and oxygen atoms in total. The fourth-order valence-electron chi connectivity index (χ4n) is 3.33. The van der Waals surface area contributed by atoms with Gasteiger partial charge in [0.25, 0.3) is 11.8 Å². The van der Waals surface area contributed by atoms with E-state index in [0.29, 0.717) is 22.5 Å². The Kier molecular flexibility index (Phi) is 5.91. The van der Waals surface area contributed by atoms with E-state index in [2.05, 4.69) is 10.6 Å². The van der Waals surface area contributed by atoms with Crippen molar-refractivity contribution >= 4 is 34.0 Å². The van der Waals surface area contributed by atoms with E-state index in [9.17, 15) is 9.59 Å². The van der Waals surface area contributed by atoms with Gasteiger partial charge in [0.15, 0.2) is 0 Å². The summed E-state index contributed by atoms with van der Waals surface area (Å²) in [4.78, 5) is 26.0. The van der Waals surface area contributed by atoms with Crippen LogP contribution in [-0.2, 0) is 4.79 Å². The summed E-state index contributed by atoms with van der Waals surface area (Å²) in [7, 11) is 0. The van der Waals surface area contributed by atoms with Gasteiger partial charge in [-0.2, -0.15) is 0 Å². The summed E-state index contributed by atoms with van der Waals surface area (Å²) in [6.07, 6.45) is 0. The van der Waals surface area contributed by atoms with Crippen LogP contribution in [0.3, 0.4) is 0 Å². The van der Waals surface area contributed by atoms with Gasteiger partial charge in [-0.1, -0.05) is 60.7 Å². The smallest absolute Gasteiger partial charge is 0.252 e. The van der Waals surface area contributed by atoms with Gasteiger partial charge in [0.1, 0.15) is 6.04 Å². The van der Waals surface area contributed by atoms with Gasteiger partial charge in [-0.15, -0.1) is 0 Å². The third kappa shape index (κ3) is 4.71. The Balaban J connectivity index is 1.58. The lowest BCUT2D eigenvalue weighted by Crippen LogP contribution is -2.37. The van der Waals surface area contributed by atoms with Crippen LogP contribution in [0.1, 0.15) is 22.0 Å². The monoisotopic (exact) mass is 411 g/mol. The molecule has 0 radical (unpaired) electrons. The zero-order chi connectivity index (χ0) is 21.6. The highest BCUT2D eigenvalue weighted by Gasteiger charge is 2.23. The summed E-state index contributed by atoms with van der Waals surface area (Å²) < 4.78 is 0. The molecule has 4 rings (SSSR count). The van der Waals surface area contributed by atoms with Gasteiger partial charge in [-0.25, -0.2) is 0 Å². The molecule has 2 amide bonds. The van der Waals surface area contributed by atoms with Gasteiger partial charge in [0.05, 0.1) is 5.69 Å². The van der Waals surface area contributed by atoms with Crippen molar-refractivity contribution in [2.24, 2.45) is 0 Å². The molecule has 4 N–H and O–H groups in total. The van der Waals surface area contributed by atoms with Gasteiger partial charge in [0.2, 0.25) is 0 Å². The van der Waals surface area contributed by atoms with Gasteiger partial charge in [-0.3, -0.25) is 20.3 Å². The van der Waals surface area contributed by atoms with Gasteiger partial charge >= 0.3 is 0 Å². The predicted octanol–water partition coefficient (Wildman–Crippen LogP) is 4.75. The highest BCUT2D eigenvalue weighted by atomic mass is 16.5. The van der Waals surface area contributed by atoms with E-state index >= 15 is 0 Å². The highest BCUT2D eigenvalue weighted by Crippen LogP contribution is 2.20. The zero-order valence-electron chi connectivity index (χ0n) is 16.6. The summed E-state index contributed by atoms with van der Waals surface area (Å²) in [5.74, 6) is -0.709. The lowest BCUT2D eigenvalue weighted by molar-refractivity contribution is -0.118. The normalized spacial score (nSPS) is 11.5. The van der Waals surface area contributed by atoms with Crippen LogP contribution < -0.4 is 16.1 Å². The topological polar surface area (TPSA) is 90.5 Å². The first-order valence-electron chi connectivity index (χ1n) is 9.80. The summed E-state index contributed by atoms with van der Waals surface area (Å²) in [6, 6.07) is 28.0. The predicted molar refractivity (Wildman–Crippen MR) is 121 cm³/mol. The third-order valence-electron chi connectivity index (χ3n) is 4.96. The second-order valence-corrected chi connectivity index (χ2v) is 7.06. The molecule has 6 heteroatoms. The zero-order valence-corrected chi connectivity index (χ0v) is 16.6. The molecule has 31 heavy (non-hydrogen) atoms. The van der Waals surface area contributed by atoms with E-state index in [-0.39, 0.29) is 11.8 Å². The second kappa shape index (κ2) is 9.11. The SMILES string of the molecule is O=C(N[C@H](C(=O)Nc1ccc(NO)cc1)c1ccccc1)c1ccc2ccccc2c1. The molecule has 0 aliphatic heterocycles. The van der Waals surface area contributed by atoms with Crippen molar-refractivity contribution in [3.05, 3.63) is 108 Å². The quantitative estimate of drug-likeness (QED) is 0.345. The average Bonchev–Trinajstić information content (AvgIpc) is 2.83. The molecular formula is C25H21N3O3. The molecule has 0 saturated carbocycles. The highest BCUT2D eigenvalue weighted by molar-refractivity contribution is 6.03. The summed E-state index contributed by atoms with van der Waals surface area (Å²) in [5, 5.41) is 16.6. The first kappa shape index (κ1) is 20.1. The molecule has 0 aliphatic carbocycles. The summed E-state index contributed by atoms with van der Waals surface area (Å²) >= 11 is 0. The first-order valence-corrected chi connectivity index (χ1v) is 9.80. The molecule has 0 unspecified atom stereocenters. The summed E-state index contributed by atoms with van der Waals surface area (Å²) in [6.45, 7) is 0. The van der Waals surface area contributed by atoms with Crippen LogP contribution >= 0.6 is 0 Å². The molecule has 0 aromatic heterocycles. The number of benzene rings is 4. The Bertz CT molecular complexity index is 1210. The molecule has 154 valence electrons. The Labute approximate surface area is 179 Å². The molecule has 0 spiro atoms. The van der Waals surface area contributed by atoms with Crippen LogP contribution in [-0.4, -0.2) is 17.0 Å². The van der Waals surface area contributed by atoms with Crippen molar-refractivity contribution in [3.63, 3.8) is 0 Å². The summed E-state index contributed by atoms with van der Waals surface area (Å²) in [5.41, 5.74) is 4.24. The van der Waals surface area contributed by atoms with Crippen molar-refractivity contribution < 1.29 is 14.8 Å².